The summed E-state index contributed by atoms with van der Waals surface area (Å²) in [4.78, 5) is 11.0. The second kappa shape index (κ2) is 9.58. The van der Waals surface area contributed by atoms with Crippen LogP contribution in [0.15, 0.2) is 36.1 Å². The first-order valence-electron chi connectivity index (χ1n) is 4.50. The van der Waals surface area contributed by atoms with Gasteiger partial charge in [-0.25, -0.2) is 4.79 Å². The van der Waals surface area contributed by atoms with Crippen molar-refractivity contribution in [3.05, 3.63) is 36.1 Å². The Hall–Kier alpha value is -1.51. The van der Waals surface area contributed by atoms with Gasteiger partial charge in [0.05, 0.1) is 12.7 Å². The van der Waals surface area contributed by atoms with Gasteiger partial charge < -0.3 is 10.5 Å². The lowest BCUT2D eigenvalue weighted by molar-refractivity contribution is -0.135. The SMILES string of the molecule is C=C/C=C(N)\C(=C/C)C(=O)OC.CC. The van der Waals surface area contributed by atoms with Crippen molar-refractivity contribution in [2.24, 2.45) is 5.73 Å². The van der Waals surface area contributed by atoms with Crippen molar-refractivity contribution < 1.29 is 9.53 Å². The lowest BCUT2D eigenvalue weighted by atomic mass is 10.2. The van der Waals surface area contributed by atoms with Crippen LogP contribution in [-0.4, -0.2) is 13.1 Å². The van der Waals surface area contributed by atoms with Crippen LogP contribution in [-0.2, 0) is 9.53 Å². The van der Waals surface area contributed by atoms with E-state index in [-0.39, 0.29) is 0 Å². The minimum absolute atomic E-state index is 0.359. The monoisotopic (exact) mass is 197 g/mol. The highest BCUT2D eigenvalue weighted by Gasteiger charge is 2.09. The smallest absolute Gasteiger partial charge is 0.339 e. The molecule has 0 aromatic carbocycles. The summed E-state index contributed by atoms with van der Waals surface area (Å²) >= 11 is 0. The first kappa shape index (κ1) is 15.0. The molecule has 0 aromatic rings. The number of esters is 1. The minimum Gasteiger partial charge on any atom is -0.465 e. The molecule has 0 aliphatic carbocycles. The van der Waals surface area contributed by atoms with Gasteiger partial charge in [0, 0.05) is 5.70 Å². The van der Waals surface area contributed by atoms with Crippen molar-refractivity contribution in [2.45, 2.75) is 20.8 Å². The summed E-state index contributed by atoms with van der Waals surface area (Å²) in [7, 11) is 1.31. The van der Waals surface area contributed by atoms with Crippen molar-refractivity contribution in [1.29, 1.82) is 0 Å². The van der Waals surface area contributed by atoms with E-state index in [1.165, 1.54) is 13.2 Å². The molecule has 0 bridgehead atoms. The van der Waals surface area contributed by atoms with Gasteiger partial charge in [0.25, 0.3) is 0 Å². The van der Waals surface area contributed by atoms with Gasteiger partial charge >= 0.3 is 5.97 Å². The number of nitrogens with two attached hydrogens (primary N) is 1. The number of carbonyl (C=O) groups is 1. The van der Waals surface area contributed by atoms with E-state index >= 15 is 0 Å². The Morgan fingerprint density at radius 3 is 2.21 bits per heavy atom. The Morgan fingerprint density at radius 1 is 1.43 bits per heavy atom. The number of hydrogen-bond donors (Lipinski definition) is 1. The van der Waals surface area contributed by atoms with E-state index in [2.05, 4.69) is 11.3 Å². The molecule has 0 aromatic heterocycles. The van der Waals surface area contributed by atoms with Gasteiger partial charge in [-0.3, -0.25) is 0 Å². The first-order chi connectivity index (χ1) is 6.67. The van der Waals surface area contributed by atoms with Crippen molar-refractivity contribution in [2.75, 3.05) is 7.11 Å². The zero-order chi connectivity index (χ0) is 11.6. The van der Waals surface area contributed by atoms with E-state index in [0.29, 0.717) is 11.3 Å². The molecule has 14 heavy (non-hydrogen) atoms. The van der Waals surface area contributed by atoms with Crippen LogP contribution in [0.3, 0.4) is 0 Å². The van der Waals surface area contributed by atoms with Crippen molar-refractivity contribution in [3.63, 3.8) is 0 Å². The summed E-state index contributed by atoms with van der Waals surface area (Å²) in [5, 5.41) is 0. The van der Waals surface area contributed by atoms with Crippen molar-refractivity contribution >= 4 is 5.97 Å². The summed E-state index contributed by atoms with van der Waals surface area (Å²) in [6.07, 6.45) is 4.66. The standard InChI is InChI=1S/C9H13NO2.C2H6/c1-4-6-8(10)7(5-2)9(11)12-3;1-2/h4-6H,1,10H2,2-3H3;1-2H3/b7-5+,8-6+;. The second-order valence-electron chi connectivity index (χ2n) is 2.05. The fourth-order valence-electron chi connectivity index (χ4n) is 0.729. The van der Waals surface area contributed by atoms with Crippen LogP contribution < -0.4 is 5.73 Å². The number of methoxy groups -OCH3 is 1. The second-order valence-corrected chi connectivity index (χ2v) is 2.05. The molecule has 0 heterocycles. The van der Waals surface area contributed by atoms with E-state index in [0.717, 1.165) is 0 Å². The normalized spacial score (nSPS) is 11.1. The van der Waals surface area contributed by atoms with E-state index < -0.39 is 5.97 Å². The molecule has 2 N–H and O–H groups in total. The molecule has 0 aliphatic heterocycles. The van der Waals surface area contributed by atoms with Gasteiger partial charge in [0.1, 0.15) is 0 Å². The van der Waals surface area contributed by atoms with Gasteiger partial charge in [-0.05, 0) is 13.0 Å². The van der Waals surface area contributed by atoms with Crippen molar-refractivity contribution in [1.82, 2.24) is 0 Å². The zero-order valence-corrected chi connectivity index (χ0v) is 9.33. The van der Waals surface area contributed by atoms with Crippen molar-refractivity contribution in [3.8, 4) is 0 Å². The largest absolute Gasteiger partial charge is 0.465 e. The molecule has 0 fully saturated rings. The zero-order valence-electron chi connectivity index (χ0n) is 9.33. The maximum Gasteiger partial charge on any atom is 0.339 e. The number of hydrogen-bond acceptors (Lipinski definition) is 3. The highest BCUT2D eigenvalue weighted by atomic mass is 16.5. The summed E-state index contributed by atoms with van der Waals surface area (Å²) in [6.45, 7) is 9.19. The Morgan fingerprint density at radius 2 is 1.93 bits per heavy atom. The third kappa shape index (κ3) is 5.19. The Bertz CT molecular complexity index is 240. The van der Waals surface area contributed by atoms with Crippen LogP contribution in [0.5, 0.6) is 0 Å². The Labute approximate surface area is 85.9 Å². The van der Waals surface area contributed by atoms with Crippen LogP contribution in [0.2, 0.25) is 0 Å². The number of carbonyl (C=O) groups excluding carboxylic acids is 1. The Kier molecular flexibility index (Phi) is 10.3. The molecular formula is C11H19NO2. The molecule has 0 saturated carbocycles. The first-order valence-corrected chi connectivity index (χ1v) is 4.50. The highest BCUT2D eigenvalue weighted by molar-refractivity contribution is 5.92. The van der Waals surface area contributed by atoms with Gasteiger partial charge in [0.15, 0.2) is 0 Å². The average Bonchev–Trinajstić information content (AvgIpc) is 2.22. The predicted octanol–water partition coefficient (Wildman–Crippen LogP) is 2.16. The van der Waals surface area contributed by atoms with E-state index in [1.807, 2.05) is 13.8 Å². The quantitative estimate of drug-likeness (QED) is 0.428. The van der Waals surface area contributed by atoms with Crippen LogP contribution in [0.4, 0.5) is 0 Å². The maximum atomic E-state index is 11.0. The van der Waals surface area contributed by atoms with Crippen LogP contribution >= 0.6 is 0 Å². The van der Waals surface area contributed by atoms with Crippen LogP contribution in [0, 0.1) is 0 Å². The summed E-state index contributed by atoms with van der Waals surface area (Å²) in [5.41, 5.74) is 6.26. The molecule has 0 atom stereocenters. The molecule has 0 radical (unpaired) electrons. The predicted molar refractivity (Wildman–Crippen MR) is 59.6 cm³/mol. The maximum absolute atomic E-state index is 11.0. The van der Waals surface area contributed by atoms with Crippen LogP contribution in [0.1, 0.15) is 20.8 Å². The van der Waals surface area contributed by atoms with Crippen LogP contribution in [0.25, 0.3) is 0 Å². The third-order valence-corrected chi connectivity index (χ3v) is 1.30. The average molecular weight is 197 g/mol. The third-order valence-electron chi connectivity index (χ3n) is 1.30. The molecule has 3 heteroatoms. The minimum atomic E-state index is -0.437. The van der Waals surface area contributed by atoms with E-state index in [9.17, 15) is 4.79 Å². The van der Waals surface area contributed by atoms with Gasteiger partial charge in [-0.2, -0.15) is 0 Å². The molecule has 0 saturated heterocycles. The van der Waals surface area contributed by atoms with Gasteiger partial charge in [0.2, 0.25) is 0 Å². The van der Waals surface area contributed by atoms with Gasteiger partial charge in [-0.15, -0.1) is 0 Å². The summed E-state index contributed by atoms with van der Waals surface area (Å²) in [6, 6.07) is 0. The fourth-order valence-corrected chi connectivity index (χ4v) is 0.729. The fraction of sp³-hybridized carbons (Fsp3) is 0.364. The molecule has 0 aliphatic rings. The Balaban J connectivity index is 0. The number of ether oxygens (including phenoxy) is 1. The van der Waals surface area contributed by atoms with Gasteiger partial charge in [-0.1, -0.05) is 32.6 Å². The van der Waals surface area contributed by atoms with E-state index in [1.54, 1.807) is 19.1 Å². The van der Waals surface area contributed by atoms with E-state index in [4.69, 9.17) is 5.73 Å². The molecule has 0 amide bonds. The molecule has 0 unspecified atom stereocenters. The molecule has 0 rings (SSSR count). The molecular weight excluding hydrogens is 178 g/mol. The highest BCUT2D eigenvalue weighted by Crippen LogP contribution is 2.05. The molecule has 3 nitrogen and oxygen atoms in total. The molecule has 0 spiro atoms. The lowest BCUT2D eigenvalue weighted by Crippen LogP contribution is -2.12. The summed E-state index contributed by atoms with van der Waals surface area (Å²) < 4.78 is 4.51. The summed E-state index contributed by atoms with van der Waals surface area (Å²) in [5.74, 6) is -0.437. The molecule has 80 valence electrons. The topological polar surface area (TPSA) is 52.3 Å². The lowest BCUT2D eigenvalue weighted by Gasteiger charge is -2.03. The number of allylic oxidation sites excluding steroid dienone is 3. The number of rotatable bonds is 3.